The van der Waals surface area contributed by atoms with E-state index in [0.29, 0.717) is 11.4 Å². The fourth-order valence-electron chi connectivity index (χ4n) is 3.96. The molecule has 0 radical (unpaired) electrons. The van der Waals surface area contributed by atoms with Gasteiger partial charge in [0.15, 0.2) is 0 Å². The molecule has 100 valence electrons. The quantitative estimate of drug-likeness (QED) is 0.591. The predicted molar refractivity (Wildman–Crippen MR) is 79.5 cm³/mol. The molecular formula is C17H15NO2. The molecule has 0 heterocycles. The Morgan fingerprint density at radius 2 is 1.90 bits per heavy atom. The summed E-state index contributed by atoms with van der Waals surface area (Å²) < 4.78 is 0. The first-order valence-corrected chi connectivity index (χ1v) is 7.01. The van der Waals surface area contributed by atoms with Crippen LogP contribution >= 0.6 is 0 Å². The van der Waals surface area contributed by atoms with Gasteiger partial charge in [0.1, 0.15) is 11.4 Å². The summed E-state index contributed by atoms with van der Waals surface area (Å²) >= 11 is 0. The van der Waals surface area contributed by atoms with Crippen molar-refractivity contribution in [1.29, 1.82) is 0 Å². The first-order chi connectivity index (χ1) is 9.72. The number of rotatable bonds is 1. The maximum atomic E-state index is 11.4. The largest absolute Gasteiger partial charge is 0.507 e. The van der Waals surface area contributed by atoms with E-state index in [1.54, 1.807) is 0 Å². The van der Waals surface area contributed by atoms with Crippen LogP contribution in [0.1, 0.15) is 42.7 Å². The number of fused-ring (bicyclic) bond motifs is 2. The van der Waals surface area contributed by atoms with Crippen molar-refractivity contribution in [2.24, 2.45) is 5.18 Å². The monoisotopic (exact) mass is 265 g/mol. The second kappa shape index (κ2) is 3.92. The Labute approximate surface area is 116 Å². The molecular weight excluding hydrogens is 250 g/mol. The van der Waals surface area contributed by atoms with Crippen LogP contribution in [0.15, 0.2) is 41.1 Å². The Morgan fingerprint density at radius 3 is 2.60 bits per heavy atom. The number of nitroso groups, excluding NO2 is 1. The minimum Gasteiger partial charge on any atom is -0.507 e. The lowest BCUT2D eigenvalue weighted by molar-refractivity contribution is 0.448. The van der Waals surface area contributed by atoms with Crippen LogP contribution in [0.4, 0.5) is 5.69 Å². The Morgan fingerprint density at radius 1 is 1.15 bits per heavy atom. The minimum absolute atomic E-state index is 0.221. The Hall–Kier alpha value is -2.16. The minimum atomic E-state index is 0.221. The molecule has 0 aliphatic heterocycles. The molecule has 20 heavy (non-hydrogen) atoms. The molecule has 3 nitrogen and oxygen atoms in total. The Balaban J connectivity index is 2.19. The molecule has 5 rings (SSSR count). The average Bonchev–Trinajstić information content (AvgIpc) is 2.48. The molecule has 3 heteroatoms. The normalized spacial score (nSPS) is 23.6. The van der Waals surface area contributed by atoms with Gasteiger partial charge in [-0.05, 0) is 30.5 Å². The third-order valence-corrected chi connectivity index (χ3v) is 4.83. The molecule has 2 aromatic carbocycles. The van der Waals surface area contributed by atoms with Crippen molar-refractivity contribution < 1.29 is 5.11 Å². The fourth-order valence-corrected chi connectivity index (χ4v) is 3.96. The number of benzene rings is 2. The van der Waals surface area contributed by atoms with E-state index in [1.165, 1.54) is 5.57 Å². The van der Waals surface area contributed by atoms with Crippen LogP contribution in [0, 0.1) is 4.91 Å². The van der Waals surface area contributed by atoms with E-state index in [2.05, 4.69) is 18.2 Å². The lowest BCUT2D eigenvalue weighted by atomic mass is 9.66. The third-order valence-electron chi connectivity index (χ3n) is 4.83. The van der Waals surface area contributed by atoms with Crippen molar-refractivity contribution in [3.05, 3.63) is 51.9 Å². The van der Waals surface area contributed by atoms with Crippen LogP contribution in [0.2, 0.25) is 0 Å². The third kappa shape index (κ3) is 1.30. The van der Waals surface area contributed by atoms with Gasteiger partial charge in [0.2, 0.25) is 0 Å². The fraction of sp³-hybridized carbons (Fsp3) is 0.294. The summed E-state index contributed by atoms with van der Waals surface area (Å²) in [5.74, 6) is 0.795. The first-order valence-electron chi connectivity index (χ1n) is 7.01. The van der Waals surface area contributed by atoms with Gasteiger partial charge in [-0.25, -0.2) is 0 Å². The molecule has 3 aliphatic rings. The van der Waals surface area contributed by atoms with Crippen LogP contribution in [-0.4, -0.2) is 5.11 Å². The number of nitrogens with zero attached hydrogens (tertiary/aromatic N) is 1. The molecule has 0 amide bonds. The van der Waals surface area contributed by atoms with Gasteiger partial charge in [0, 0.05) is 28.2 Å². The maximum absolute atomic E-state index is 11.4. The summed E-state index contributed by atoms with van der Waals surface area (Å²) in [6.07, 6.45) is 4.32. The van der Waals surface area contributed by atoms with Gasteiger partial charge in [-0.3, -0.25) is 0 Å². The summed E-state index contributed by atoms with van der Waals surface area (Å²) in [6.45, 7) is 2.11. The second-order valence-electron chi connectivity index (χ2n) is 5.81. The topological polar surface area (TPSA) is 49.7 Å². The highest BCUT2D eigenvalue weighted by atomic mass is 16.3. The van der Waals surface area contributed by atoms with E-state index in [1.807, 2.05) is 24.3 Å². The number of hydrogen-bond acceptors (Lipinski definition) is 3. The van der Waals surface area contributed by atoms with E-state index in [0.717, 1.165) is 34.7 Å². The standard InChI is InChI=1S/C17H15NO2/c1-9-8-10-6-7-11(9)15-14(10)16(18-20)12-4-2-3-5-13(12)17(15)19/h2-5,8,10-11,19H,6-7H2,1H3. The van der Waals surface area contributed by atoms with Crippen LogP contribution in [-0.2, 0) is 0 Å². The summed E-state index contributed by atoms with van der Waals surface area (Å²) in [5, 5.41) is 15.5. The van der Waals surface area contributed by atoms with Crippen molar-refractivity contribution in [2.45, 2.75) is 31.6 Å². The van der Waals surface area contributed by atoms with E-state index in [9.17, 15) is 10.0 Å². The Bertz CT molecular complexity index is 776. The van der Waals surface area contributed by atoms with Crippen molar-refractivity contribution in [3.63, 3.8) is 0 Å². The molecule has 2 unspecified atom stereocenters. The van der Waals surface area contributed by atoms with Gasteiger partial charge in [-0.1, -0.05) is 35.9 Å². The lowest BCUT2D eigenvalue weighted by Crippen LogP contribution is -2.20. The SMILES string of the molecule is CC1=CC2CCC1c1c2c(N=O)c2ccccc2c1O. The van der Waals surface area contributed by atoms with Crippen LogP contribution in [0.25, 0.3) is 10.8 Å². The molecule has 0 saturated heterocycles. The van der Waals surface area contributed by atoms with Crippen molar-refractivity contribution in [2.75, 3.05) is 0 Å². The average molecular weight is 265 g/mol. The van der Waals surface area contributed by atoms with Gasteiger partial charge in [0.25, 0.3) is 0 Å². The predicted octanol–water partition coefficient (Wildman–Crippen LogP) is 4.86. The van der Waals surface area contributed by atoms with E-state index < -0.39 is 0 Å². The molecule has 1 N–H and O–H groups in total. The Kier molecular flexibility index (Phi) is 2.28. The zero-order chi connectivity index (χ0) is 13.9. The second-order valence-corrected chi connectivity index (χ2v) is 5.81. The molecule has 0 spiro atoms. The molecule has 3 aliphatic carbocycles. The van der Waals surface area contributed by atoms with E-state index in [-0.39, 0.29) is 11.8 Å². The van der Waals surface area contributed by atoms with Crippen molar-refractivity contribution in [3.8, 4) is 5.75 Å². The molecule has 0 aromatic heterocycles. The van der Waals surface area contributed by atoms with Crippen LogP contribution in [0.5, 0.6) is 5.75 Å². The van der Waals surface area contributed by atoms with Crippen molar-refractivity contribution in [1.82, 2.24) is 0 Å². The van der Waals surface area contributed by atoms with Gasteiger partial charge in [0.05, 0.1) is 0 Å². The summed E-state index contributed by atoms with van der Waals surface area (Å²) in [5.41, 5.74) is 3.72. The van der Waals surface area contributed by atoms with Gasteiger partial charge in [-0.2, -0.15) is 0 Å². The van der Waals surface area contributed by atoms with Gasteiger partial charge < -0.3 is 5.11 Å². The lowest BCUT2D eigenvalue weighted by Gasteiger charge is -2.38. The smallest absolute Gasteiger partial charge is 0.127 e. The number of allylic oxidation sites excluding steroid dienone is 2. The number of aromatic hydroxyl groups is 1. The zero-order valence-electron chi connectivity index (χ0n) is 11.3. The van der Waals surface area contributed by atoms with Gasteiger partial charge in [-0.15, -0.1) is 4.91 Å². The van der Waals surface area contributed by atoms with Crippen LogP contribution in [0.3, 0.4) is 0 Å². The molecule has 2 atom stereocenters. The number of phenols is 1. The summed E-state index contributed by atoms with van der Waals surface area (Å²) in [4.78, 5) is 11.4. The highest BCUT2D eigenvalue weighted by Crippen LogP contribution is 2.57. The molecule has 2 bridgehead atoms. The van der Waals surface area contributed by atoms with E-state index in [4.69, 9.17) is 0 Å². The molecule has 2 aromatic rings. The summed E-state index contributed by atoms with van der Waals surface area (Å²) in [7, 11) is 0. The van der Waals surface area contributed by atoms with Crippen LogP contribution < -0.4 is 0 Å². The first kappa shape index (κ1) is 11.6. The summed E-state index contributed by atoms with van der Waals surface area (Å²) in [6, 6.07) is 7.49. The number of hydrogen-bond donors (Lipinski definition) is 1. The van der Waals surface area contributed by atoms with Gasteiger partial charge >= 0.3 is 0 Å². The van der Waals surface area contributed by atoms with Crippen molar-refractivity contribution >= 4 is 16.5 Å². The maximum Gasteiger partial charge on any atom is 0.127 e. The highest BCUT2D eigenvalue weighted by molar-refractivity contribution is 6.00. The van der Waals surface area contributed by atoms with E-state index >= 15 is 0 Å². The molecule has 0 saturated carbocycles. The molecule has 0 fully saturated rings. The zero-order valence-corrected chi connectivity index (χ0v) is 11.3. The highest BCUT2D eigenvalue weighted by Gasteiger charge is 2.37. The number of phenolic OH excluding ortho intramolecular Hbond substituents is 1.